The van der Waals surface area contributed by atoms with Gasteiger partial charge in [-0.25, -0.2) is 9.97 Å². The Morgan fingerprint density at radius 3 is 2.60 bits per heavy atom. The zero-order valence-electron chi connectivity index (χ0n) is 12.2. The predicted octanol–water partition coefficient (Wildman–Crippen LogP) is 4.85. The lowest BCUT2D eigenvalue weighted by molar-refractivity contribution is 0.815. The molecule has 0 amide bonds. The molecule has 0 saturated heterocycles. The molecular weight excluding hydrogens is 314 g/mol. The Balaban J connectivity index is 2.46. The third-order valence-electron chi connectivity index (χ3n) is 3.01. The number of hydrogen-bond donors (Lipinski definition) is 1. The summed E-state index contributed by atoms with van der Waals surface area (Å²) >= 11 is 3.57. The maximum absolute atomic E-state index is 4.69. The van der Waals surface area contributed by atoms with Gasteiger partial charge in [0.15, 0.2) is 5.82 Å². The monoisotopic (exact) mass is 333 g/mol. The summed E-state index contributed by atoms with van der Waals surface area (Å²) < 4.78 is 1.02. The van der Waals surface area contributed by atoms with Crippen molar-refractivity contribution in [3.05, 3.63) is 40.5 Å². The lowest BCUT2D eigenvalue weighted by atomic mass is 10.1. The molecule has 0 aliphatic rings. The number of anilines is 1. The topological polar surface area (TPSA) is 37.8 Å². The fourth-order valence-electron chi connectivity index (χ4n) is 1.87. The van der Waals surface area contributed by atoms with E-state index in [2.05, 4.69) is 47.0 Å². The maximum Gasteiger partial charge on any atom is 0.162 e. The SMILES string of the molecule is CCCNc1cc(C(C)C)nc(-c2ccccc2Br)n1. The van der Waals surface area contributed by atoms with Crippen molar-refractivity contribution in [2.45, 2.75) is 33.1 Å². The molecule has 0 atom stereocenters. The molecule has 1 N–H and O–H groups in total. The van der Waals surface area contributed by atoms with Gasteiger partial charge in [0.2, 0.25) is 0 Å². The Morgan fingerprint density at radius 1 is 1.20 bits per heavy atom. The van der Waals surface area contributed by atoms with Gasteiger partial charge < -0.3 is 5.32 Å². The summed E-state index contributed by atoms with van der Waals surface area (Å²) in [4.78, 5) is 9.32. The van der Waals surface area contributed by atoms with E-state index in [9.17, 15) is 0 Å². The number of halogens is 1. The van der Waals surface area contributed by atoms with Crippen LogP contribution in [0, 0.1) is 0 Å². The first-order chi connectivity index (χ1) is 9.61. The van der Waals surface area contributed by atoms with Crippen molar-refractivity contribution >= 4 is 21.7 Å². The zero-order chi connectivity index (χ0) is 14.5. The van der Waals surface area contributed by atoms with Crippen LogP contribution < -0.4 is 5.32 Å². The van der Waals surface area contributed by atoms with Gasteiger partial charge in [-0.3, -0.25) is 0 Å². The van der Waals surface area contributed by atoms with E-state index in [0.717, 1.165) is 40.3 Å². The van der Waals surface area contributed by atoms with Crippen molar-refractivity contribution in [3.8, 4) is 11.4 Å². The molecule has 3 nitrogen and oxygen atoms in total. The molecule has 1 heterocycles. The fraction of sp³-hybridized carbons (Fsp3) is 0.375. The van der Waals surface area contributed by atoms with E-state index in [1.807, 2.05) is 30.3 Å². The molecule has 2 aromatic rings. The summed E-state index contributed by atoms with van der Waals surface area (Å²) in [7, 11) is 0. The highest BCUT2D eigenvalue weighted by Crippen LogP contribution is 2.27. The summed E-state index contributed by atoms with van der Waals surface area (Å²) in [6.45, 7) is 7.36. The van der Waals surface area contributed by atoms with Crippen LogP contribution in [-0.4, -0.2) is 16.5 Å². The van der Waals surface area contributed by atoms with E-state index in [0.29, 0.717) is 5.92 Å². The van der Waals surface area contributed by atoms with Crippen molar-refractivity contribution in [1.29, 1.82) is 0 Å². The molecule has 0 unspecified atom stereocenters. The number of nitrogens with one attached hydrogen (secondary N) is 1. The molecule has 0 spiro atoms. The number of rotatable bonds is 5. The summed E-state index contributed by atoms with van der Waals surface area (Å²) in [5.41, 5.74) is 2.08. The molecular formula is C16H20BrN3. The average Bonchev–Trinajstić information content (AvgIpc) is 2.45. The summed E-state index contributed by atoms with van der Waals surface area (Å²) in [5.74, 6) is 2.04. The van der Waals surface area contributed by atoms with Crippen LogP contribution in [0.4, 0.5) is 5.82 Å². The third-order valence-corrected chi connectivity index (χ3v) is 3.70. The molecule has 1 aromatic carbocycles. The lowest BCUT2D eigenvalue weighted by Gasteiger charge is -2.12. The molecule has 0 radical (unpaired) electrons. The van der Waals surface area contributed by atoms with E-state index in [1.165, 1.54) is 0 Å². The highest BCUT2D eigenvalue weighted by Gasteiger charge is 2.11. The number of aromatic nitrogens is 2. The molecule has 0 aliphatic carbocycles. The first-order valence-electron chi connectivity index (χ1n) is 6.99. The molecule has 1 aromatic heterocycles. The van der Waals surface area contributed by atoms with E-state index in [4.69, 9.17) is 4.98 Å². The molecule has 20 heavy (non-hydrogen) atoms. The summed E-state index contributed by atoms with van der Waals surface area (Å²) in [6.07, 6.45) is 1.07. The Hall–Kier alpha value is -1.42. The Morgan fingerprint density at radius 2 is 1.95 bits per heavy atom. The van der Waals surface area contributed by atoms with Gasteiger partial charge in [-0.1, -0.05) is 54.9 Å². The van der Waals surface area contributed by atoms with Crippen molar-refractivity contribution in [3.63, 3.8) is 0 Å². The van der Waals surface area contributed by atoms with Gasteiger partial charge in [0.1, 0.15) is 5.82 Å². The van der Waals surface area contributed by atoms with E-state index < -0.39 is 0 Å². The highest BCUT2D eigenvalue weighted by atomic mass is 79.9. The fourth-order valence-corrected chi connectivity index (χ4v) is 2.33. The number of hydrogen-bond acceptors (Lipinski definition) is 3. The van der Waals surface area contributed by atoms with Crippen molar-refractivity contribution in [2.24, 2.45) is 0 Å². The van der Waals surface area contributed by atoms with E-state index >= 15 is 0 Å². The minimum atomic E-state index is 0.376. The Labute approximate surface area is 129 Å². The Bertz CT molecular complexity index is 582. The second-order valence-corrected chi connectivity index (χ2v) is 5.92. The van der Waals surface area contributed by atoms with Crippen LogP contribution in [-0.2, 0) is 0 Å². The summed E-state index contributed by atoms with van der Waals surface area (Å²) in [5, 5.41) is 3.35. The van der Waals surface area contributed by atoms with Crippen LogP contribution in [0.5, 0.6) is 0 Å². The molecule has 0 aliphatic heterocycles. The quantitative estimate of drug-likeness (QED) is 0.849. The van der Waals surface area contributed by atoms with Gasteiger partial charge in [-0.15, -0.1) is 0 Å². The first kappa shape index (κ1) is 15.0. The predicted molar refractivity (Wildman–Crippen MR) is 88.0 cm³/mol. The van der Waals surface area contributed by atoms with Gasteiger partial charge in [0.05, 0.1) is 0 Å². The molecule has 0 bridgehead atoms. The standard InChI is InChI=1S/C16H20BrN3/c1-4-9-18-15-10-14(11(2)3)19-16(20-15)12-7-5-6-8-13(12)17/h5-8,10-11H,4,9H2,1-3H3,(H,18,19,20). The van der Waals surface area contributed by atoms with Crippen LogP contribution in [0.1, 0.15) is 38.8 Å². The van der Waals surface area contributed by atoms with Crippen LogP contribution in [0.15, 0.2) is 34.8 Å². The van der Waals surface area contributed by atoms with E-state index in [1.54, 1.807) is 0 Å². The molecule has 106 valence electrons. The minimum absolute atomic E-state index is 0.376. The number of nitrogens with zero attached hydrogens (tertiary/aromatic N) is 2. The number of benzene rings is 1. The Kier molecular flexibility index (Phi) is 5.12. The van der Waals surface area contributed by atoms with E-state index in [-0.39, 0.29) is 0 Å². The molecule has 2 rings (SSSR count). The average molecular weight is 334 g/mol. The van der Waals surface area contributed by atoms with Crippen molar-refractivity contribution < 1.29 is 0 Å². The minimum Gasteiger partial charge on any atom is -0.370 e. The zero-order valence-corrected chi connectivity index (χ0v) is 13.7. The van der Waals surface area contributed by atoms with Crippen LogP contribution in [0.25, 0.3) is 11.4 Å². The molecule has 0 fully saturated rings. The smallest absolute Gasteiger partial charge is 0.162 e. The van der Waals surface area contributed by atoms with Crippen molar-refractivity contribution in [1.82, 2.24) is 9.97 Å². The van der Waals surface area contributed by atoms with Crippen LogP contribution in [0.2, 0.25) is 0 Å². The molecule has 0 saturated carbocycles. The van der Waals surface area contributed by atoms with Gasteiger partial charge in [0, 0.05) is 28.3 Å². The highest BCUT2D eigenvalue weighted by molar-refractivity contribution is 9.10. The van der Waals surface area contributed by atoms with Crippen molar-refractivity contribution in [2.75, 3.05) is 11.9 Å². The summed E-state index contributed by atoms with van der Waals surface area (Å²) in [6, 6.07) is 10.1. The third kappa shape index (κ3) is 3.57. The molecule has 4 heteroatoms. The normalized spacial score (nSPS) is 10.8. The second kappa shape index (κ2) is 6.84. The van der Waals surface area contributed by atoms with Gasteiger partial charge in [0.25, 0.3) is 0 Å². The lowest BCUT2D eigenvalue weighted by Crippen LogP contribution is -2.06. The maximum atomic E-state index is 4.69. The van der Waals surface area contributed by atoms with Crippen LogP contribution >= 0.6 is 15.9 Å². The largest absolute Gasteiger partial charge is 0.370 e. The van der Waals surface area contributed by atoms with Crippen LogP contribution in [0.3, 0.4) is 0 Å². The second-order valence-electron chi connectivity index (χ2n) is 5.06. The van der Waals surface area contributed by atoms with Gasteiger partial charge in [-0.05, 0) is 18.4 Å². The first-order valence-corrected chi connectivity index (χ1v) is 7.79. The van der Waals surface area contributed by atoms with Gasteiger partial charge in [-0.2, -0.15) is 0 Å². The van der Waals surface area contributed by atoms with Gasteiger partial charge >= 0.3 is 0 Å².